The molecule has 1 heterocycles. The Labute approximate surface area is 164 Å². The molecule has 1 unspecified atom stereocenters. The number of alkyl halides is 1. The van der Waals surface area contributed by atoms with Crippen LogP contribution in [-0.4, -0.2) is 36.6 Å². The first-order valence-corrected chi connectivity index (χ1v) is 9.83. The average Bonchev–Trinajstić information content (AvgIpc) is 3.00. The molecule has 2 aromatic carbocycles. The number of rotatable bonds is 5. The van der Waals surface area contributed by atoms with Gasteiger partial charge in [0.2, 0.25) is 0 Å². The number of piperidine rings is 1. The first-order valence-electron chi connectivity index (χ1n) is 9.83. The highest BCUT2D eigenvalue weighted by Gasteiger charge is 2.41. The van der Waals surface area contributed by atoms with Gasteiger partial charge in [-0.2, -0.15) is 0 Å². The summed E-state index contributed by atoms with van der Waals surface area (Å²) in [5.74, 6) is 0.252. The Morgan fingerprint density at radius 1 is 1.18 bits per heavy atom. The topological polar surface area (TPSA) is 29.5 Å². The van der Waals surface area contributed by atoms with Crippen LogP contribution in [0.15, 0.2) is 42.5 Å². The van der Waals surface area contributed by atoms with Crippen molar-refractivity contribution in [3.63, 3.8) is 0 Å². The fourth-order valence-corrected chi connectivity index (χ4v) is 4.47. The third kappa shape index (κ3) is 3.81. The zero-order valence-corrected chi connectivity index (χ0v) is 16.1. The summed E-state index contributed by atoms with van der Waals surface area (Å²) in [5.41, 5.74) is 0.962. The first kappa shape index (κ1) is 19.1. The SMILES string of the molecule is COc1ccc2c(c1)CC(CC1(F)CCN(Cc3ccccc3F)CC1)C2=O. The third-order valence-corrected chi connectivity index (χ3v) is 6.13. The van der Waals surface area contributed by atoms with Crippen molar-refractivity contribution in [1.29, 1.82) is 0 Å². The molecule has 0 spiro atoms. The molecule has 5 heteroatoms. The number of ketones is 1. The number of carbonyl (C=O) groups is 1. The molecule has 2 aliphatic rings. The molecule has 3 nitrogen and oxygen atoms in total. The van der Waals surface area contributed by atoms with Crippen molar-refractivity contribution < 1.29 is 18.3 Å². The van der Waals surface area contributed by atoms with E-state index in [0.29, 0.717) is 50.0 Å². The number of methoxy groups -OCH3 is 1. The van der Waals surface area contributed by atoms with Crippen molar-refractivity contribution in [3.8, 4) is 5.75 Å². The molecule has 1 aliphatic heterocycles. The Morgan fingerprint density at radius 3 is 2.64 bits per heavy atom. The van der Waals surface area contributed by atoms with Gasteiger partial charge in [0.25, 0.3) is 0 Å². The van der Waals surface area contributed by atoms with Crippen molar-refractivity contribution in [1.82, 2.24) is 4.90 Å². The predicted octanol–water partition coefficient (Wildman–Crippen LogP) is 4.58. The van der Waals surface area contributed by atoms with Gasteiger partial charge in [-0.25, -0.2) is 8.78 Å². The lowest BCUT2D eigenvalue weighted by Crippen LogP contribution is -2.43. The van der Waals surface area contributed by atoms with E-state index in [0.717, 1.165) is 11.3 Å². The Bertz CT molecular complexity index is 875. The minimum atomic E-state index is -1.34. The number of Topliss-reactive ketones (excluding diaryl/α,β-unsaturated/α-hetero) is 1. The van der Waals surface area contributed by atoms with Crippen molar-refractivity contribution in [2.45, 2.75) is 37.9 Å². The van der Waals surface area contributed by atoms with Crippen LogP contribution in [0.25, 0.3) is 0 Å². The van der Waals surface area contributed by atoms with Crippen molar-refractivity contribution in [2.75, 3.05) is 20.2 Å². The van der Waals surface area contributed by atoms with Gasteiger partial charge in [-0.15, -0.1) is 0 Å². The summed E-state index contributed by atoms with van der Waals surface area (Å²) in [4.78, 5) is 14.8. The highest BCUT2D eigenvalue weighted by Crippen LogP contribution is 2.39. The molecular formula is C23H25F2NO2. The molecule has 0 radical (unpaired) electrons. The predicted molar refractivity (Wildman–Crippen MR) is 104 cm³/mol. The molecule has 0 N–H and O–H groups in total. The van der Waals surface area contributed by atoms with Crippen LogP contribution >= 0.6 is 0 Å². The molecule has 1 fully saturated rings. The second kappa shape index (κ2) is 7.63. The smallest absolute Gasteiger partial charge is 0.166 e. The molecule has 0 aromatic heterocycles. The van der Waals surface area contributed by atoms with Gasteiger partial charge in [0, 0.05) is 36.7 Å². The standard InChI is InChI=1S/C23H25F2NO2/c1-28-19-6-7-20-17(13-19)12-18(22(20)27)14-23(25)8-10-26(11-9-23)15-16-4-2-3-5-21(16)24/h2-7,13,18H,8-12,14-15H2,1H3. The number of hydrogen-bond donors (Lipinski definition) is 0. The van der Waals surface area contributed by atoms with E-state index in [1.54, 1.807) is 31.4 Å². The van der Waals surface area contributed by atoms with Crippen molar-refractivity contribution in [2.24, 2.45) is 5.92 Å². The van der Waals surface area contributed by atoms with Gasteiger partial charge in [-0.3, -0.25) is 9.69 Å². The number of likely N-dealkylation sites (tertiary alicyclic amines) is 1. The minimum Gasteiger partial charge on any atom is -0.497 e. The lowest BCUT2D eigenvalue weighted by atomic mass is 9.82. The van der Waals surface area contributed by atoms with Gasteiger partial charge < -0.3 is 4.74 Å². The van der Waals surface area contributed by atoms with E-state index in [1.807, 2.05) is 12.1 Å². The van der Waals surface area contributed by atoms with Crippen molar-refractivity contribution in [3.05, 3.63) is 65.0 Å². The Kier molecular flexibility index (Phi) is 5.19. The molecule has 1 saturated heterocycles. The second-order valence-electron chi connectivity index (χ2n) is 8.01. The number of nitrogens with zero attached hydrogens (tertiary/aromatic N) is 1. The molecule has 1 atom stereocenters. The highest BCUT2D eigenvalue weighted by atomic mass is 19.1. The second-order valence-corrected chi connectivity index (χ2v) is 8.01. The number of benzene rings is 2. The van der Waals surface area contributed by atoms with Crippen LogP contribution in [0.1, 0.15) is 40.7 Å². The Morgan fingerprint density at radius 2 is 1.93 bits per heavy atom. The van der Waals surface area contributed by atoms with Crippen LogP contribution in [-0.2, 0) is 13.0 Å². The minimum absolute atomic E-state index is 0.0449. The van der Waals surface area contributed by atoms with E-state index >= 15 is 4.39 Å². The Hall–Kier alpha value is -2.27. The van der Waals surface area contributed by atoms with E-state index in [9.17, 15) is 9.18 Å². The van der Waals surface area contributed by atoms with Crippen LogP contribution in [0.4, 0.5) is 8.78 Å². The van der Waals surface area contributed by atoms with E-state index in [1.165, 1.54) is 6.07 Å². The summed E-state index contributed by atoms with van der Waals surface area (Å²) in [7, 11) is 1.60. The molecule has 1 aliphatic carbocycles. The van der Waals surface area contributed by atoms with E-state index in [4.69, 9.17) is 4.74 Å². The summed E-state index contributed by atoms with van der Waals surface area (Å²) in [6.45, 7) is 1.65. The summed E-state index contributed by atoms with van der Waals surface area (Å²) >= 11 is 0. The largest absolute Gasteiger partial charge is 0.497 e. The normalized spacial score (nSPS) is 21.5. The highest BCUT2D eigenvalue weighted by molar-refractivity contribution is 6.02. The fourth-order valence-electron chi connectivity index (χ4n) is 4.47. The van der Waals surface area contributed by atoms with Gasteiger partial charge in [-0.1, -0.05) is 18.2 Å². The van der Waals surface area contributed by atoms with Crippen LogP contribution < -0.4 is 4.74 Å². The molecule has 0 bridgehead atoms. The van der Waals surface area contributed by atoms with Crippen LogP contribution in [0, 0.1) is 11.7 Å². The molecule has 0 amide bonds. The lowest BCUT2D eigenvalue weighted by molar-refractivity contribution is 0.0333. The first-order chi connectivity index (χ1) is 13.5. The number of carbonyl (C=O) groups excluding carboxylic acids is 1. The van der Waals surface area contributed by atoms with Gasteiger partial charge in [0.05, 0.1) is 7.11 Å². The maximum atomic E-state index is 15.5. The number of hydrogen-bond acceptors (Lipinski definition) is 3. The van der Waals surface area contributed by atoms with E-state index < -0.39 is 5.67 Å². The maximum absolute atomic E-state index is 15.5. The molecule has 148 valence electrons. The van der Waals surface area contributed by atoms with Crippen LogP contribution in [0.3, 0.4) is 0 Å². The third-order valence-electron chi connectivity index (χ3n) is 6.13. The van der Waals surface area contributed by atoms with Gasteiger partial charge in [0.1, 0.15) is 17.2 Å². The molecule has 28 heavy (non-hydrogen) atoms. The molecule has 0 saturated carbocycles. The summed E-state index contributed by atoms with van der Waals surface area (Å²) in [6.07, 6.45) is 1.60. The molecule has 4 rings (SSSR count). The number of halogens is 2. The average molecular weight is 385 g/mol. The summed E-state index contributed by atoms with van der Waals surface area (Å²) in [5, 5.41) is 0. The van der Waals surface area contributed by atoms with Gasteiger partial charge >= 0.3 is 0 Å². The summed E-state index contributed by atoms with van der Waals surface area (Å²) < 4.78 is 34.6. The number of ether oxygens (including phenoxy) is 1. The van der Waals surface area contributed by atoms with E-state index in [-0.39, 0.29) is 23.9 Å². The zero-order chi connectivity index (χ0) is 19.7. The summed E-state index contributed by atoms with van der Waals surface area (Å²) in [6, 6.07) is 12.2. The fraction of sp³-hybridized carbons (Fsp3) is 0.435. The monoisotopic (exact) mass is 385 g/mol. The molecular weight excluding hydrogens is 360 g/mol. The van der Waals surface area contributed by atoms with Gasteiger partial charge in [0.15, 0.2) is 5.78 Å². The van der Waals surface area contributed by atoms with Crippen LogP contribution in [0.5, 0.6) is 5.75 Å². The van der Waals surface area contributed by atoms with Gasteiger partial charge in [-0.05, 0) is 55.5 Å². The quantitative estimate of drug-likeness (QED) is 0.754. The van der Waals surface area contributed by atoms with Crippen LogP contribution in [0.2, 0.25) is 0 Å². The molecule has 2 aromatic rings. The maximum Gasteiger partial charge on any atom is 0.166 e. The zero-order valence-electron chi connectivity index (χ0n) is 16.1. The van der Waals surface area contributed by atoms with Crippen molar-refractivity contribution >= 4 is 5.78 Å². The number of fused-ring (bicyclic) bond motifs is 1. The Balaban J connectivity index is 1.36. The van der Waals surface area contributed by atoms with E-state index in [2.05, 4.69) is 4.90 Å². The lowest BCUT2D eigenvalue weighted by Gasteiger charge is -2.37.